The molecule has 0 amide bonds. The van der Waals surface area contributed by atoms with E-state index in [1.807, 2.05) is 12.1 Å². The Hall–Kier alpha value is -9.18. The van der Waals surface area contributed by atoms with E-state index in [1.54, 1.807) is 0 Å². The van der Waals surface area contributed by atoms with Crippen molar-refractivity contribution >= 4 is 56.1 Å². The number of para-hydroxylation sites is 5. The molecule has 11 aromatic carbocycles. The first-order valence-electron chi connectivity index (χ1n) is 24.1. The number of benzene rings is 11. The summed E-state index contributed by atoms with van der Waals surface area (Å²) in [6, 6.07) is 97.6. The summed E-state index contributed by atoms with van der Waals surface area (Å²) in [4.78, 5) is 4.93. The van der Waals surface area contributed by atoms with Crippen LogP contribution < -0.4 is 9.80 Å². The second-order valence-electron chi connectivity index (χ2n) is 18.4. The zero-order valence-corrected chi connectivity index (χ0v) is 38.2. The molecule has 2 aliphatic rings. The third-order valence-corrected chi connectivity index (χ3v) is 14.7. The molecule has 3 heteroatoms. The number of nitrogens with zero attached hydrogens (tertiary/aromatic N) is 2. The van der Waals surface area contributed by atoms with Gasteiger partial charge in [-0.1, -0.05) is 194 Å². The summed E-state index contributed by atoms with van der Waals surface area (Å²) in [6.07, 6.45) is 0. The van der Waals surface area contributed by atoms with E-state index < -0.39 is 5.41 Å². The molecule has 1 aliphatic carbocycles. The van der Waals surface area contributed by atoms with E-state index in [4.69, 9.17) is 4.42 Å². The predicted molar refractivity (Wildman–Crippen MR) is 290 cm³/mol. The van der Waals surface area contributed by atoms with E-state index >= 15 is 0 Å². The predicted octanol–water partition coefficient (Wildman–Crippen LogP) is 18.2. The quantitative estimate of drug-likeness (QED) is 0.159. The van der Waals surface area contributed by atoms with Crippen LogP contribution in [-0.4, -0.2) is 0 Å². The first kappa shape index (κ1) is 39.9. The Kier molecular flexibility index (Phi) is 9.11. The van der Waals surface area contributed by atoms with Gasteiger partial charge in [0, 0.05) is 33.4 Å². The van der Waals surface area contributed by atoms with E-state index in [9.17, 15) is 0 Å². The van der Waals surface area contributed by atoms with Gasteiger partial charge in [-0.3, -0.25) is 0 Å². The van der Waals surface area contributed by atoms with Gasteiger partial charge in [0.05, 0.1) is 22.5 Å². The highest BCUT2D eigenvalue weighted by molar-refractivity contribution is 6.06. The molecule has 2 heterocycles. The van der Waals surface area contributed by atoms with Crippen LogP contribution >= 0.6 is 0 Å². The third-order valence-electron chi connectivity index (χ3n) is 14.7. The van der Waals surface area contributed by atoms with Crippen molar-refractivity contribution in [2.45, 2.75) is 5.41 Å². The van der Waals surface area contributed by atoms with Crippen molar-refractivity contribution in [1.29, 1.82) is 0 Å². The Morgan fingerprint density at radius 1 is 0.314 bits per heavy atom. The summed E-state index contributed by atoms with van der Waals surface area (Å²) in [6.45, 7) is 0. The molecule has 0 N–H and O–H groups in total. The zero-order chi connectivity index (χ0) is 46.2. The molecule has 0 saturated heterocycles. The van der Waals surface area contributed by atoms with Crippen LogP contribution in [0, 0.1) is 0 Å². The van der Waals surface area contributed by atoms with Gasteiger partial charge in [-0.05, 0) is 134 Å². The largest absolute Gasteiger partial charge is 0.456 e. The summed E-state index contributed by atoms with van der Waals surface area (Å²) in [5, 5.41) is 2.23. The summed E-state index contributed by atoms with van der Waals surface area (Å²) in [5.41, 5.74) is 22.4. The minimum absolute atomic E-state index is 0.615. The molecule has 3 nitrogen and oxygen atoms in total. The maximum atomic E-state index is 6.29. The second-order valence-corrected chi connectivity index (χ2v) is 18.4. The van der Waals surface area contributed by atoms with E-state index in [0.29, 0.717) is 0 Å². The first-order valence-corrected chi connectivity index (χ1v) is 24.1. The molecule has 1 spiro atoms. The normalized spacial score (nSPS) is 12.9. The van der Waals surface area contributed by atoms with Crippen LogP contribution in [0.2, 0.25) is 0 Å². The van der Waals surface area contributed by atoms with Gasteiger partial charge in [-0.25, -0.2) is 0 Å². The summed E-state index contributed by atoms with van der Waals surface area (Å²) >= 11 is 0. The molecule has 1 aliphatic heterocycles. The highest BCUT2D eigenvalue weighted by atomic mass is 16.3. The molecule has 0 fully saturated rings. The van der Waals surface area contributed by atoms with Crippen molar-refractivity contribution in [1.82, 2.24) is 0 Å². The van der Waals surface area contributed by atoms with Crippen LogP contribution in [0.1, 0.15) is 22.3 Å². The summed E-state index contributed by atoms with van der Waals surface area (Å²) < 4.78 is 6.29. The molecule has 328 valence electrons. The number of rotatable bonds is 7. The van der Waals surface area contributed by atoms with Gasteiger partial charge in [0.2, 0.25) is 0 Å². The van der Waals surface area contributed by atoms with E-state index in [-0.39, 0.29) is 0 Å². The Morgan fingerprint density at radius 3 is 1.66 bits per heavy atom. The second kappa shape index (κ2) is 16.0. The lowest BCUT2D eigenvalue weighted by molar-refractivity contribution is 0.669. The molecule has 70 heavy (non-hydrogen) atoms. The van der Waals surface area contributed by atoms with Crippen molar-refractivity contribution < 1.29 is 4.42 Å². The lowest BCUT2D eigenvalue weighted by atomic mass is 9.64. The van der Waals surface area contributed by atoms with Crippen LogP contribution in [0.15, 0.2) is 271 Å². The van der Waals surface area contributed by atoms with Crippen LogP contribution in [0.25, 0.3) is 66.4 Å². The molecule has 14 rings (SSSR count). The van der Waals surface area contributed by atoms with Gasteiger partial charge >= 0.3 is 0 Å². The number of fused-ring (bicyclic) bond motifs is 12. The fourth-order valence-corrected chi connectivity index (χ4v) is 11.7. The zero-order valence-electron chi connectivity index (χ0n) is 38.2. The Bertz CT molecular complexity index is 3930. The SMILES string of the molecule is c1ccc(-c2ccccc2-c2ccccc2N(c2cccc(-c3ccc4oc5ccccc5c4c3)c2)c2ccc3c(c2)C2(c4ccccc4-3)c3ccccc3N(c3ccccc3)c3ccccc32)cc1. The monoisotopic (exact) mass is 892 g/mol. The maximum absolute atomic E-state index is 6.29. The summed E-state index contributed by atoms with van der Waals surface area (Å²) in [7, 11) is 0. The average Bonchev–Trinajstić information content (AvgIpc) is 3.96. The van der Waals surface area contributed by atoms with Gasteiger partial charge < -0.3 is 14.2 Å². The van der Waals surface area contributed by atoms with E-state index in [1.165, 1.54) is 61.4 Å². The Balaban J connectivity index is 1.03. The molecular formula is C67H44N2O. The van der Waals surface area contributed by atoms with Gasteiger partial charge in [0.1, 0.15) is 11.2 Å². The minimum Gasteiger partial charge on any atom is -0.456 e. The standard InChI is InChI=1S/C67H44N2O/c1-3-20-45(21-4-1)51-26-7-8-27-52(51)55-29-10-15-34-62(55)68(49-25-19-22-46(42-49)47-38-41-66-57(43-47)56-30-11-18-37-65(56)70-66)50-39-40-54-53-28-9-12-31-58(53)67(61(54)44-50)59-32-13-16-35-63(59)69(48-23-5-2-6-24-48)64-36-17-14-33-60(64)67/h1-44H. The lowest BCUT2D eigenvalue weighted by Gasteiger charge is -2.45. The number of furan rings is 1. The van der Waals surface area contributed by atoms with Gasteiger partial charge in [-0.15, -0.1) is 0 Å². The van der Waals surface area contributed by atoms with Crippen LogP contribution in [0.5, 0.6) is 0 Å². The molecular weight excluding hydrogens is 849 g/mol. The van der Waals surface area contributed by atoms with E-state index in [0.717, 1.165) is 61.4 Å². The van der Waals surface area contributed by atoms with Crippen molar-refractivity contribution in [3.05, 3.63) is 289 Å². The fourth-order valence-electron chi connectivity index (χ4n) is 11.7. The number of anilines is 6. The van der Waals surface area contributed by atoms with Crippen LogP contribution in [0.4, 0.5) is 34.1 Å². The molecule has 0 unspecified atom stereocenters. The van der Waals surface area contributed by atoms with Crippen molar-refractivity contribution in [3.63, 3.8) is 0 Å². The maximum Gasteiger partial charge on any atom is 0.135 e. The van der Waals surface area contributed by atoms with Crippen molar-refractivity contribution in [3.8, 4) is 44.5 Å². The van der Waals surface area contributed by atoms with Crippen LogP contribution in [-0.2, 0) is 5.41 Å². The van der Waals surface area contributed by atoms with Gasteiger partial charge in [-0.2, -0.15) is 0 Å². The minimum atomic E-state index is -0.615. The average molecular weight is 893 g/mol. The van der Waals surface area contributed by atoms with Gasteiger partial charge in [0.15, 0.2) is 0 Å². The van der Waals surface area contributed by atoms with Crippen molar-refractivity contribution in [2.24, 2.45) is 0 Å². The van der Waals surface area contributed by atoms with Crippen LogP contribution in [0.3, 0.4) is 0 Å². The topological polar surface area (TPSA) is 19.6 Å². The first-order chi connectivity index (χ1) is 34.7. The van der Waals surface area contributed by atoms with Crippen molar-refractivity contribution in [2.75, 3.05) is 9.80 Å². The Labute approximate surface area is 407 Å². The number of hydrogen-bond donors (Lipinski definition) is 0. The number of hydrogen-bond acceptors (Lipinski definition) is 3. The fraction of sp³-hybridized carbons (Fsp3) is 0.0149. The van der Waals surface area contributed by atoms with Gasteiger partial charge in [0.25, 0.3) is 0 Å². The highest BCUT2D eigenvalue weighted by Crippen LogP contribution is 2.64. The molecule has 0 atom stereocenters. The molecule has 12 aromatic rings. The molecule has 1 aromatic heterocycles. The third kappa shape index (κ3) is 6.01. The van der Waals surface area contributed by atoms with E-state index in [2.05, 4.69) is 265 Å². The Morgan fingerprint density at radius 2 is 0.871 bits per heavy atom. The molecule has 0 saturated carbocycles. The lowest BCUT2D eigenvalue weighted by Crippen LogP contribution is -2.36. The smallest absolute Gasteiger partial charge is 0.135 e. The molecule has 0 radical (unpaired) electrons. The summed E-state index contributed by atoms with van der Waals surface area (Å²) in [5.74, 6) is 0. The highest BCUT2D eigenvalue weighted by Gasteiger charge is 2.52. The molecule has 0 bridgehead atoms.